The molecular formula is C12H14N2O2S. The van der Waals surface area contributed by atoms with E-state index in [1.54, 1.807) is 11.3 Å². The van der Waals surface area contributed by atoms with Crippen molar-refractivity contribution in [1.82, 2.24) is 10.2 Å². The monoisotopic (exact) mass is 250 g/mol. The van der Waals surface area contributed by atoms with Gasteiger partial charge in [0.1, 0.15) is 0 Å². The number of hydrogen-bond acceptors (Lipinski definition) is 3. The number of fused-ring (bicyclic) bond motifs is 1. The Balaban J connectivity index is 1.86. The van der Waals surface area contributed by atoms with E-state index in [2.05, 4.69) is 16.8 Å². The van der Waals surface area contributed by atoms with Gasteiger partial charge in [0.25, 0.3) is 0 Å². The molecule has 1 unspecified atom stereocenters. The highest BCUT2D eigenvalue weighted by atomic mass is 32.1. The summed E-state index contributed by atoms with van der Waals surface area (Å²) in [6, 6.07) is 2.05. The molecule has 0 radical (unpaired) electrons. The Labute approximate surface area is 104 Å². The van der Waals surface area contributed by atoms with Gasteiger partial charge in [0, 0.05) is 17.8 Å². The first-order chi connectivity index (χ1) is 8.25. The van der Waals surface area contributed by atoms with E-state index < -0.39 is 0 Å². The molecule has 17 heavy (non-hydrogen) atoms. The number of carbonyl (C=O) groups excluding carboxylic acids is 2. The number of thiophene rings is 1. The molecule has 0 spiro atoms. The lowest BCUT2D eigenvalue weighted by Crippen LogP contribution is -2.51. The maximum atomic E-state index is 11.8. The Kier molecular flexibility index (Phi) is 2.63. The Morgan fingerprint density at radius 1 is 1.35 bits per heavy atom. The first kappa shape index (κ1) is 10.8. The molecular weight excluding hydrogens is 236 g/mol. The van der Waals surface area contributed by atoms with Crippen molar-refractivity contribution in [2.45, 2.75) is 31.7 Å². The highest BCUT2D eigenvalue weighted by Gasteiger charge is 2.33. The van der Waals surface area contributed by atoms with Gasteiger partial charge >= 0.3 is 6.03 Å². The van der Waals surface area contributed by atoms with Crippen molar-refractivity contribution in [2.24, 2.45) is 0 Å². The Bertz CT molecular complexity index is 469. The van der Waals surface area contributed by atoms with E-state index in [0.717, 1.165) is 19.3 Å². The first-order valence-electron chi connectivity index (χ1n) is 5.92. The lowest BCUT2D eigenvalue weighted by atomic mass is 9.92. The fourth-order valence-corrected chi connectivity index (χ4v) is 3.64. The molecule has 1 aliphatic carbocycles. The summed E-state index contributed by atoms with van der Waals surface area (Å²) in [5, 5.41) is 4.49. The summed E-state index contributed by atoms with van der Waals surface area (Å²) in [5.74, 6) is -0.160. The van der Waals surface area contributed by atoms with Crippen LogP contribution in [-0.2, 0) is 11.2 Å². The van der Waals surface area contributed by atoms with Crippen LogP contribution in [0.3, 0.4) is 0 Å². The number of nitrogens with zero attached hydrogens (tertiary/aromatic N) is 1. The average molecular weight is 250 g/mol. The van der Waals surface area contributed by atoms with Crippen LogP contribution in [0.25, 0.3) is 0 Å². The Morgan fingerprint density at radius 2 is 2.24 bits per heavy atom. The third-order valence-electron chi connectivity index (χ3n) is 3.48. The summed E-state index contributed by atoms with van der Waals surface area (Å²) in [6.07, 6.45) is 3.67. The van der Waals surface area contributed by atoms with Gasteiger partial charge in [-0.15, -0.1) is 11.3 Å². The van der Waals surface area contributed by atoms with Gasteiger partial charge in [0.05, 0.1) is 6.04 Å². The van der Waals surface area contributed by atoms with Crippen LogP contribution in [0.15, 0.2) is 11.4 Å². The molecule has 3 amide bonds. The van der Waals surface area contributed by atoms with Gasteiger partial charge in [0.15, 0.2) is 0 Å². The number of carbonyl (C=O) groups is 2. The van der Waals surface area contributed by atoms with E-state index in [4.69, 9.17) is 0 Å². The van der Waals surface area contributed by atoms with Crippen molar-refractivity contribution < 1.29 is 9.59 Å². The number of aryl methyl sites for hydroxylation is 1. The maximum Gasteiger partial charge on any atom is 0.324 e. The second kappa shape index (κ2) is 4.14. The quantitative estimate of drug-likeness (QED) is 0.829. The van der Waals surface area contributed by atoms with Crippen molar-refractivity contribution in [3.8, 4) is 0 Å². The molecule has 1 fully saturated rings. The Hall–Kier alpha value is -1.36. The summed E-state index contributed by atoms with van der Waals surface area (Å²) in [6.45, 7) is 0.546. The second-order valence-corrected chi connectivity index (χ2v) is 5.50. The van der Waals surface area contributed by atoms with Crippen LogP contribution in [0, 0.1) is 0 Å². The second-order valence-electron chi connectivity index (χ2n) is 4.50. The molecule has 1 atom stereocenters. The van der Waals surface area contributed by atoms with E-state index in [1.807, 2.05) is 4.90 Å². The minimum absolute atomic E-state index is 0.160. The summed E-state index contributed by atoms with van der Waals surface area (Å²) < 4.78 is 0. The van der Waals surface area contributed by atoms with Crippen LogP contribution in [0.5, 0.6) is 0 Å². The van der Waals surface area contributed by atoms with Gasteiger partial charge in [-0.1, -0.05) is 0 Å². The van der Waals surface area contributed by atoms with E-state index in [9.17, 15) is 9.59 Å². The van der Waals surface area contributed by atoms with Crippen LogP contribution < -0.4 is 5.32 Å². The van der Waals surface area contributed by atoms with Gasteiger partial charge in [-0.05, 0) is 36.3 Å². The fourth-order valence-electron chi connectivity index (χ4n) is 2.66. The molecule has 3 rings (SSSR count). The zero-order chi connectivity index (χ0) is 11.8. The molecule has 5 heteroatoms. The molecule has 1 saturated heterocycles. The van der Waals surface area contributed by atoms with Gasteiger partial charge in [-0.2, -0.15) is 0 Å². The number of hydrogen-bond donors (Lipinski definition) is 1. The number of imide groups is 1. The van der Waals surface area contributed by atoms with E-state index in [0.29, 0.717) is 13.0 Å². The predicted octanol–water partition coefficient (Wildman–Crippen LogP) is 2.07. The molecule has 2 aliphatic rings. The van der Waals surface area contributed by atoms with Crippen LogP contribution in [-0.4, -0.2) is 23.4 Å². The normalized spacial score (nSPS) is 24.5. The zero-order valence-corrected chi connectivity index (χ0v) is 10.3. The highest BCUT2D eigenvalue weighted by molar-refractivity contribution is 7.10. The third-order valence-corrected chi connectivity index (χ3v) is 4.48. The zero-order valence-electron chi connectivity index (χ0n) is 9.44. The largest absolute Gasteiger partial charge is 0.324 e. The van der Waals surface area contributed by atoms with Crippen molar-refractivity contribution in [2.75, 3.05) is 6.54 Å². The number of nitrogens with one attached hydrogen (secondary N) is 1. The molecule has 0 saturated carbocycles. The van der Waals surface area contributed by atoms with E-state index in [-0.39, 0.29) is 18.0 Å². The first-order valence-corrected chi connectivity index (χ1v) is 6.80. The van der Waals surface area contributed by atoms with Crippen LogP contribution in [0.1, 0.15) is 35.7 Å². The van der Waals surface area contributed by atoms with Crippen molar-refractivity contribution in [1.29, 1.82) is 0 Å². The lowest BCUT2D eigenvalue weighted by Gasteiger charge is -2.36. The van der Waals surface area contributed by atoms with Gasteiger partial charge < -0.3 is 4.90 Å². The SMILES string of the molecule is O=C1CCN(C2CCCc3sccc32)C(=O)N1. The van der Waals surface area contributed by atoms with E-state index in [1.165, 1.54) is 10.4 Å². The topological polar surface area (TPSA) is 49.4 Å². The van der Waals surface area contributed by atoms with Gasteiger partial charge in [-0.25, -0.2) is 4.79 Å². The molecule has 1 aliphatic heterocycles. The minimum atomic E-state index is -0.231. The molecule has 2 heterocycles. The summed E-state index contributed by atoms with van der Waals surface area (Å²) >= 11 is 1.77. The summed E-state index contributed by atoms with van der Waals surface area (Å²) in [4.78, 5) is 26.2. The average Bonchev–Trinajstić information content (AvgIpc) is 2.77. The fraction of sp³-hybridized carbons (Fsp3) is 0.500. The maximum absolute atomic E-state index is 11.8. The lowest BCUT2D eigenvalue weighted by molar-refractivity contribution is -0.121. The van der Waals surface area contributed by atoms with Gasteiger partial charge in [0.2, 0.25) is 5.91 Å². The van der Waals surface area contributed by atoms with Crippen molar-refractivity contribution in [3.63, 3.8) is 0 Å². The summed E-state index contributed by atoms with van der Waals surface area (Å²) in [5.41, 5.74) is 1.28. The van der Waals surface area contributed by atoms with Crippen LogP contribution in [0.2, 0.25) is 0 Å². The van der Waals surface area contributed by atoms with Gasteiger partial charge in [-0.3, -0.25) is 10.1 Å². The molecule has 1 N–H and O–H groups in total. The molecule has 4 nitrogen and oxygen atoms in total. The minimum Gasteiger partial charge on any atom is -0.317 e. The number of urea groups is 1. The standard InChI is InChI=1S/C12H14N2O2S/c15-11-4-6-14(12(16)13-11)9-2-1-3-10-8(9)5-7-17-10/h5,7,9H,1-4,6H2,(H,13,15,16). The Morgan fingerprint density at radius 3 is 3.06 bits per heavy atom. The predicted molar refractivity (Wildman–Crippen MR) is 64.9 cm³/mol. The third kappa shape index (κ3) is 1.84. The van der Waals surface area contributed by atoms with Crippen molar-refractivity contribution in [3.05, 3.63) is 21.9 Å². The molecule has 1 aromatic rings. The smallest absolute Gasteiger partial charge is 0.317 e. The number of amides is 3. The van der Waals surface area contributed by atoms with Crippen molar-refractivity contribution >= 4 is 23.3 Å². The number of rotatable bonds is 1. The van der Waals surface area contributed by atoms with Crippen LogP contribution >= 0.6 is 11.3 Å². The van der Waals surface area contributed by atoms with E-state index >= 15 is 0 Å². The molecule has 0 aromatic carbocycles. The van der Waals surface area contributed by atoms with Crippen LogP contribution in [0.4, 0.5) is 4.79 Å². The molecule has 90 valence electrons. The molecule has 0 bridgehead atoms. The molecule has 1 aromatic heterocycles. The summed E-state index contributed by atoms with van der Waals surface area (Å²) in [7, 11) is 0. The highest BCUT2D eigenvalue weighted by Crippen LogP contribution is 2.37.